The molecule has 1 aliphatic heterocycles. The molecule has 3 rings (SSSR count). The van der Waals surface area contributed by atoms with E-state index in [0.29, 0.717) is 13.1 Å². The van der Waals surface area contributed by atoms with Gasteiger partial charge in [-0.05, 0) is 16.7 Å². The number of nitrogens with one attached hydrogen (secondary N) is 1. The van der Waals surface area contributed by atoms with E-state index in [9.17, 15) is 13.2 Å². The number of benzene rings is 2. The lowest BCUT2D eigenvalue weighted by Gasteiger charge is -2.35. The molecular weight excluding hydrogens is 313 g/mol. The van der Waals surface area contributed by atoms with E-state index >= 15 is 0 Å². The summed E-state index contributed by atoms with van der Waals surface area (Å²) in [6.45, 7) is 2.75. The summed E-state index contributed by atoms with van der Waals surface area (Å²) in [6.07, 6.45) is -4.98. The fourth-order valence-corrected chi connectivity index (χ4v) is 3.20. The quantitative estimate of drug-likeness (QED) is 0.899. The molecule has 5 heteroatoms. The highest BCUT2D eigenvalue weighted by Crippen LogP contribution is 2.34. The third-order valence-electron chi connectivity index (χ3n) is 4.42. The molecule has 2 aromatic rings. The third-order valence-corrected chi connectivity index (χ3v) is 4.42. The van der Waals surface area contributed by atoms with Gasteiger partial charge < -0.3 is 5.32 Å². The molecule has 0 spiro atoms. The molecular formula is C19H21F3N2. The second kappa shape index (κ2) is 7.36. The van der Waals surface area contributed by atoms with Crippen LogP contribution in [-0.4, -0.2) is 37.3 Å². The second-order valence-electron chi connectivity index (χ2n) is 6.11. The van der Waals surface area contributed by atoms with Crippen LogP contribution in [0.5, 0.6) is 0 Å². The fourth-order valence-electron chi connectivity index (χ4n) is 3.20. The maximum atomic E-state index is 13.0. The Morgan fingerprint density at radius 3 is 2.04 bits per heavy atom. The van der Waals surface area contributed by atoms with Gasteiger partial charge in [-0.1, -0.05) is 54.6 Å². The van der Waals surface area contributed by atoms with Crippen LogP contribution in [0, 0.1) is 0 Å². The van der Waals surface area contributed by atoms with Gasteiger partial charge in [0.1, 0.15) is 0 Å². The molecule has 0 aliphatic carbocycles. The minimum atomic E-state index is -4.17. The van der Waals surface area contributed by atoms with Gasteiger partial charge in [-0.15, -0.1) is 0 Å². The smallest absolute Gasteiger partial charge is 0.314 e. The average Bonchev–Trinajstić information content (AvgIpc) is 2.61. The SMILES string of the molecule is FC(F)(F)C[C@H](c1ccc(-c2ccccc2)cc1)N1CCNCC1. The van der Waals surface area contributed by atoms with E-state index in [4.69, 9.17) is 0 Å². The van der Waals surface area contributed by atoms with Gasteiger partial charge in [0, 0.05) is 32.2 Å². The number of piperazine rings is 1. The topological polar surface area (TPSA) is 15.3 Å². The minimum Gasteiger partial charge on any atom is -0.314 e. The van der Waals surface area contributed by atoms with Crippen molar-refractivity contribution in [3.8, 4) is 11.1 Å². The number of nitrogens with zero attached hydrogens (tertiary/aromatic N) is 1. The van der Waals surface area contributed by atoms with Crippen molar-refractivity contribution in [2.75, 3.05) is 26.2 Å². The van der Waals surface area contributed by atoms with Crippen LogP contribution in [-0.2, 0) is 0 Å². The van der Waals surface area contributed by atoms with E-state index in [1.807, 2.05) is 59.5 Å². The monoisotopic (exact) mass is 334 g/mol. The van der Waals surface area contributed by atoms with Crippen molar-refractivity contribution in [1.82, 2.24) is 10.2 Å². The van der Waals surface area contributed by atoms with E-state index in [1.54, 1.807) is 0 Å². The zero-order valence-electron chi connectivity index (χ0n) is 13.4. The Hall–Kier alpha value is -1.85. The summed E-state index contributed by atoms with van der Waals surface area (Å²) in [7, 11) is 0. The largest absolute Gasteiger partial charge is 0.390 e. The molecule has 0 amide bonds. The highest BCUT2D eigenvalue weighted by molar-refractivity contribution is 5.63. The van der Waals surface area contributed by atoms with Gasteiger partial charge in [-0.2, -0.15) is 13.2 Å². The number of hydrogen-bond acceptors (Lipinski definition) is 2. The van der Waals surface area contributed by atoms with Crippen LogP contribution in [0.15, 0.2) is 54.6 Å². The Morgan fingerprint density at radius 1 is 0.875 bits per heavy atom. The molecule has 2 nitrogen and oxygen atoms in total. The molecule has 0 radical (unpaired) electrons. The van der Waals surface area contributed by atoms with E-state index in [-0.39, 0.29) is 0 Å². The molecule has 1 heterocycles. The van der Waals surface area contributed by atoms with E-state index in [1.165, 1.54) is 0 Å². The van der Waals surface area contributed by atoms with Crippen LogP contribution < -0.4 is 5.32 Å². The predicted octanol–water partition coefficient (Wildman–Crippen LogP) is 4.25. The summed E-state index contributed by atoms with van der Waals surface area (Å²) in [5.74, 6) is 0. The fraction of sp³-hybridized carbons (Fsp3) is 0.368. The van der Waals surface area contributed by atoms with Crippen molar-refractivity contribution in [3.63, 3.8) is 0 Å². The van der Waals surface area contributed by atoms with Crippen molar-refractivity contribution in [3.05, 3.63) is 60.2 Å². The van der Waals surface area contributed by atoms with Crippen LogP contribution >= 0.6 is 0 Å². The van der Waals surface area contributed by atoms with Crippen LogP contribution in [0.3, 0.4) is 0 Å². The predicted molar refractivity (Wildman–Crippen MR) is 89.7 cm³/mol. The van der Waals surface area contributed by atoms with Crippen molar-refractivity contribution < 1.29 is 13.2 Å². The molecule has 1 aliphatic rings. The first-order chi connectivity index (χ1) is 11.5. The lowest BCUT2D eigenvalue weighted by molar-refractivity contribution is -0.148. The Labute approximate surface area is 140 Å². The standard InChI is InChI=1S/C19H21F3N2/c20-19(21,22)14-18(24-12-10-23-11-13-24)17-8-6-16(7-9-17)15-4-2-1-3-5-15/h1-9,18,23H,10-14H2/t18-/m1/s1. The number of alkyl halides is 3. The van der Waals surface area contributed by atoms with Crippen LogP contribution in [0.4, 0.5) is 13.2 Å². The summed E-state index contributed by atoms with van der Waals surface area (Å²) < 4.78 is 39.1. The zero-order chi connectivity index (χ0) is 17.0. The minimum absolute atomic E-state index is 0.614. The molecule has 1 saturated heterocycles. The van der Waals surface area contributed by atoms with Gasteiger partial charge in [0.25, 0.3) is 0 Å². The Balaban J connectivity index is 1.84. The Morgan fingerprint density at radius 2 is 1.46 bits per heavy atom. The number of rotatable bonds is 4. The molecule has 1 atom stereocenters. The van der Waals surface area contributed by atoms with Gasteiger partial charge in [-0.3, -0.25) is 4.90 Å². The summed E-state index contributed by atoms with van der Waals surface area (Å²) in [5, 5.41) is 3.19. The summed E-state index contributed by atoms with van der Waals surface area (Å²) >= 11 is 0. The highest BCUT2D eigenvalue weighted by Gasteiger charge is 2.35. The first-order valence-corrected chi connectivity index (χ1v) is 8.20. The zero-order valence-corrected chi connectivity index (χ0v) is 13.4. The lowest BCUT2D eigenvalue weighted by atomic mass is 9.97. The van der Waals surface area contributed by atoms with Gasteiger partial charge in [0.15, 0.2) is 0 Å². The molecule has 24 heavy (non-hydrogen) atoms. The maximum absolute atomic E-state index is 13.0. The van der Waals surface area contributed by atoms with Gasteiger partial charge >= 0.3 is 6.18 Å². The third kappa shape index (κ3) is 4.36. The lowest BCUT2D eigenvalue weighted by Crippen LogP contribution is -2.46. The van der Waals surface area contributed by atoms with Crippen molar-refractivity contribution in [2.45, 2.75) is 18.6 Å². The first-order valence-electron chi connectivity index (χ1n) is 8.20. The van der Waals surface area contributed by atoms with Crippen LogP contribution in [0.25, 0.3) is 11.1 Å². The summed E-state index contributed by atoms with van der Waals surface area (Å²) in [6, 6.07) is 16.7. The van der Waals surface area contributed by atoms with E-state index in [2.05, 4.69) is 5.32 Å². The number of halogens is 3. The molecule has 0 unspecified atom stereocenters. The molecule has 128 valence electrons. The van der Waals surface area contributed by atoms with E-state index in [0.717, 1.165) is 29.8 Å². The maximum Gasteiger partial charge on any atom is 0.390 e. The van der Waals surface area contributed by atoms with E-state index < -0.39 is 18.6 Å². The Kier molecular flexibility index (Phi) is 5.21. The second-order valence-corrected chi connectivity index (χ2v) is 6.11. The molecule has 2 aromatic carbocycles. The normalized spacial score (nSPS) is 17.6. The van der Waals surface area contributed by atoms with Crippen molar-refractivity contribution >= 4 is 0 Å². The van der Waals surface area contributed by atoms with Gasteiger partial charge in [-0.25, -0.2) is 0 Å². The molecule has 0 aromatic heterocycles. The van der Waals surface area contributed by atoms with Crippen LogP contribution in [0.2, 0.25) is 0 Å². The highest BCUT2D eigenvalue weighted by atomic mass is 19.4. The summed E-state index contributed by atoms with van der Waals surface area (Å²) in [4.78, 5) is 1.93. The number of hydrogen-bond donors (Lipinski definition) is 1. The Bertz CT molecular complexity index is 632. The molecule has 1 fully saturated rings. The average molecular weight is 334 g/mol. The molecule has 0 saturated carbocycles. The van der Waals surface area contributed by atoms with Crippen molar-refractivity contribution in [2.24, 2.45) is 0 Å². The first kappa shape index (κ1) is 17.0. The van der Waals surface area contributed by atoms with Gasteiger partial charge in [0.2, 0.25) is 0 Å². The van der Waals surface area contributed by atoms with Gasteiger partial charge in [0.05, 0.1) is 6.42 Å². The molecule has 0 bridgehead atoms. The van der Waals surface area contributed by atoms with Crippen LogP contribution in [0.1, 0.15) is 18.0 Å². The molecule has 1 N–H and O–H groups in total. The van der Waals surface area contributed by atoms with Crippen molar-refractivity contribution in [1.29, 1.82) is 0 Å². The summed E-state index contributed by atoms with van der Waals surface area (Å²) in [5.41, 5.74) is 2.82.